The highest BCUT2D eigenvalue weighted by Gasteiger charge is 2.22. The molecule has 1 aliphatic rings. The summed E-state index contributed by atoms with van der Waals surface area (Å²) in [5.41, 5.74) is 4.64. The third kappa shape index (κ3) is 4.05. The van der Waals surface area contributed by atoms with Gasteiger partial charge in [-0.15, -0.1) is 21.5 Å². The predicted octanol–water partition coefficient (Wildman–Crippen LogP) is 5.13. The Morgan fingerprint density at radius 3 is 2.97 bits per heavy atom. The van der Waals surface area contributed by atoms with E-state index in [2.05, 4.69) is 28.5 Å². The Bertz CT molecular complexity index is 1420. The first-order valence-corrected chi connectivity index (χ1v) is 12.7. The molecule has 0 fully saturated rings. The molecule has 0 aliphatic heterocycles. The van der Waals surface area contributed by atoms with Crippen LogP contribution in [-0.2, 0) is 17.6 Å². The lowest BCUT2D eigenvalue weighted by Gasteiger charge is -2.09. The molecule has 1 N–H and O–H groups in total. The molecule has 4 aromatic rings. The van der Waals surface area contributed by atoms with Gasteiger partial charge in [0, 0.05) is 28.5 Å². The molecule has 5 rings (SSSR count). The number of methoxy groups -OCH3 is 1. The van der Waals surface area contributed by atoms with Crippen LogP contribution in [0.2, 0.25) is 0 Å². The van der Waals surface area contributed by atoms with E-state index < -0.39 is 0 Å². The van der Waals surface area contributed by atoms with E-state index in [1.807, 2.05) is 28.7 Å². The molecule has 0 bridgehead atoms. The van der Waals surface area contributed by atoms with Gasteiger partial charge in [-0.1, -0.05) is 11.8 Å². The zero-order chi connectivity index (χ0) is 22.9. The number of ether oxygens (including phenoxy) is 1. The number of thioether (sulfide) groups is 1. The lowest BCUT2D eigenvalue weighted by atomic mass is 9.96. The quantitative estimate of drug-likeness (QED) is 0.387. The number of nitrogens with zero attached hydrogens (tertiary/aromatic N) is 4. The summed E-state index contributed by atoms with van der Waals surface area (Å²) in [6.45, 7) is 2.05. The van der Waals surface area contributed by atoms with Crippen LogP contribution in [0.4, 0.5) is 5.00 Å². The van der Waals surface area contributed by atoms with Crippen molar-refractivity contribution in [3.63, 3.8) is 0 Å². The number of hydrogen-bond donors (Lipinski definition) is 1. The molecule has 3 heterocycles. The van der Waals surface area contributed by atoms with Gasteiger partial charge < -0.3 is 10.1 Å². The Hall–Kier alpha value is -3.09. The highest BCUT2D eigenvalue weighted by Crippen LogP contribution is 2.37. The number of pyridine rings is 1. The van der Waals surface area contributed by atoms with Gasteiger partial charge >= 0.3 is 0 Å². The fourth-order valence-electron chi connectivity index (χ4n) is 4.32. The molecule has 0 spiro atoms. The van der Waals surface area contributed by atoms with Crippen molar-refractivity contribution in [1.82, 2.24) is 14.6 Å². The van der Waals surface area contributed by atoms with Crippen LogP contribution in [-0.4, -0.2) is 33.4 Å². The number of hydrogen-bond acceptors (Lipinski definition) is 7. The van der Waals surface area contributed by atoms with E-state index in [9.17, 15) is 10.1 Å². The van der Waals surface area contributed by atoms with Gasteiger partial charge in [-0.2, -0.15) is 5.26 Å². The standard InChI is InChI=1S/C24H23N5O2S2/c1-14-11-21-27-28-24(29(21)19-12-15(31-2)7-8-16(14)19)32-10-9-22(30)26-23-18(13-25)17-5-3-4-6-20(17)33-23/h7-8,11-12H,3-6,9-10H2,1-2H3,(H,26,30). The maximum absolute atomic E-state index is 12.6. The summed E-state index contributed by atoms with van der Waals surface area (Å²) in [7, 11) is 1.65. The minimum absolute atomic E-state index is 0.0891. The number of amides is 1. The van der Waals surface area contributed by atoms with Gasteiger partial charge in [0.25, 0.3) is 0 Å². The third-order valence-corrected chi connectivity index (χ3v) is 8.11. The molecule has 0 saturated heterocycles. The summed E-state index contributed by atoms with van der Waals surface area (Å²) in [4.78, 5) is 13.9. The van der Waals surface area contributed by atoms with Crippen LogP contribution in [0.3, 0.4) is 0 Å². The van der Waals surface area contributed by atoms with E-state index in [0.29, 0.717) is 22.7 Å². The molecule has 0 atom stereocenters. The van der Waals surface area contributed by atoms with Crippen molar-refractivity contribution < 1.29 is 9.53 Å². The average molecular weight is 478 g/mol. The molecule has 0 radical (unpaired) electrons. The highest BCUT2D eigenvalue weighted by molar-refractivity contribution is 7.99. The number of carbonyl (C=O) groups excluding carboxylic acids is 1. The Labute approximate surface area is 199 Å². The number of nitriles is 1. The maximum Gasteiger partial charge on any atom is 0.225 e. The predicted molar refractivity (Wildman–Crippen MR) is 131 cm³/mol. The van der Waals surface area contributed by atoms with Crippen LogP contribution in [0.1, 0.15) is 40.8 Å². The fraction of sp³-hybridized carbons (Fsp3) is 0.333. The highest BCUT2D eigenvalue weighted by atomic mass is 32.2. The minimum atomic E-state index is -0.0891. The van der Waals surface area contributed by atoms with Crippen molar-refractivity contribution in [3.05, 3.63) is 45.8 Å². The normalized spacial score (nSPS) is 13.1. The zero-order valence-corrected chi connectivity index (χ0v) is 20.1. The third-order valence-electron chi connectivity index (χ3n) is 5.97. The van der Waals surface area contributed by atoms with E-state index in [1.54, 1.807) is 18.4 Å². The molecule has 0 unspecified atom stereocenters. The van der Waals surface area contributed by atoms with Crippen LogP contribution >= 0.6 is 23.1 Å². The monoisotopic (exact) mass is 477 g/mol. The molecule has 1 amide bonds. The second kappa shape index (κ2) is 9.04. The molecule has 7 nitrogen and oxygen atoms in total. The second-order valence-electron chi connectivity index (χ2n) is 8.06. The van der Waals surface area contributed by atoms with E-state index in [1.165, 1.54) is 16.6 Å². The Kier molecular flexibility index (Phi) is 5.96. The van der Waals surface area contributed by atoms with E-state index >= 15 is 0 Å². The number of anilines is 1. The van der Waals surface area contributed by atoms with Crippen LogP contribution in [0, 0.1) is 18.3 Å². The molecule has 1 aromatic carbocycles. The van der Waals surface area contributed by atoms with Gasteiger partial charge in [0.05, 0.1) is 18.2 Å². The Morgan fingerprint density at radius 2 is 2.15 bits per heavy atom. The molecule has 3 aromatic heterocycles. The first-order chi connectivity index (χ1) is 16.1. The SMILES string of the molecule is COc1ccc2c(C)cc3nnc(SCCC(=O)Nc4sc5c(c4C#N)CCCC5)n3c2c1. The van der Waals surface area contributed by atoms with Crippen molar-refractivity contribution in [2.24, 2.45) is 0 Å². The Morgan fingerprint density at radius 1 is 1.30 bits per heavy atom. The van der Waals surface area contributed by atoms with Gasteiger partial charge in [-0.3, -0.25) is 9.20 Å². The summed E-state index contributed by atoms with van der Waals surface area (Å²) in [6.07, 6.45) is 4.50. The van der Waals surface area contributed by atoms with Gasteiger partial charge in [0.15, 0.2) is 10.8 Å². The summed E-state index contributed by atoms with van der Waals surface area (Å²) < 4.78 is 7.42. The van der Waals surface area contributed by atoms with Gasteiger partial charge in [-0.05, 0) is 61.9 Å². The number of carbonyl (C=O) groups is 1. The molecular formula is C24H23N5O2S2. The van der Waals surface area contributed by atoms with Crippen molar-refractivity contribution in [3.8, 4) is 11.8 Å². The topological polar surface area (TPSA) is 92.3 Å². The van der Waals surface area contributed by atoms with Crippen LogP contribution < -0.4 is 10.1 Å². The number of rotatable bonds is 6. The maximum atomic E-state index is 12.6. The average Bonchev–Trinajstić information content (AvgIpc) is 3.39. The molecule has 33 heavy (non-hydrogen) atoms. The second-order valence-corrected chi connectivity index (χ2v) is 10.2. The first kappa shape index (κ1) is 21.7. The largest absolute Gasteiger partial charge is 0.497 e. The van der Waals surface area contributed by atoms with Crippen LogP contribution in [0.15, 0.2) is 29.4 Å². The number of fused-ring (bicyclic) bond motifs is 4. The molecular weight excluding hydrogens is 454 g/mol. The van der Waals surface area contributed by atoms with Crippen molar-refractivity contribution in [2.45, 2.75) is 44.2 Å². The van der Waals surface area contributed by atoms with E-state index in [0.717, 1.165) is 64.3 Å². The van der Waals surface area contributed by atoms with Gasteiger partial charge in [0.2, 0.25) is 5.91 Å². The summed E-state index contributed by atoms with van der Waals surface area (Å²) >= 11 is 3.05. The summed E-state index contributed by atoms with van der Waals surface area (Å²) in [5.74, 6) is 1.23. The van der Waals surface area contributed by atoms with E-state index in [4.69, 9.17) is 4.74 Å². The minimum Gasteiger partial charge on any atom is -0.497 e. The van der Waals surface area contributed by atoms with E-state index in [-0.39, 0.29) is 5.91 Å². The lowest BCUT2D eigenvalue weighted by Crippen LogP contribution is -2.12. The number of aromatic nitrogens is 3. The number of thiophene rings is 1. The van der Waals surface area contributed by atoms with Crippen LogP contribution in [0.5, 0.6) is 5.75 Å². The van der Waals surface area contributed by atoms with Crippen molar-refractivity contribution in [2.75, 3.05) is 18.2 Å². The Balaban J connectivity index is 1.32. The number of benzene rings is 1. The molecule has 168 valence electrons. The lowest BCUT2D eigenvalue weighted by molar-refractivity contribution is -0.115. The molecule has 1 aliphatic carbocycles. The number of aryl methyl sites for hydroxylation is 2. The summed E-state index contributed by atoms with van der Waals surface area (Å²) in [6, 6.07) is 10.3. The first-order valence-electron chi connectivity index (χ1n) is 10.9. The zero-order valence-electron chi connectivity index (χ0n) is 18.5. The van der Waals surface area contributed by atoms with Crippen molar-refractivity contribution >= 4 is 50.6 Å². The smallest absolute Gasteiger partial charge is 0.225 e. The fourth-order valence-corrected chi connectivity index (χ4v) is 6.46. The van der Waals surface area contributed by atoms with Gasteiger partial charge in [-0.25, -0.2) is 0 Å². The molecule has 0 saturated carbocycles. The van der Waals surface area contributed by atoms with Gasteiger partial charge in [0.1, 0.15) is 16.8 Å². The molecule has 9 heteroatoms. The summed E-state index contributed by atoms with van der Waals surface area (Å²) in [5, 5.41) is 23.8. The number of nitrogens with one attached hydrogen (secondary N) is 1. The van der Waals surface area contributed by atoms with Crippen molar-refractivity contribution in [1.29, 1.82) is 5.26 Å². The van der Waals surface area contributed by atoms with Crippen LogP contribution in [0.25, 0.3) is 16.6 Å².